The molecule has 1 nitrogen and oxygen atoms in total. The van der Waals surface area contributed by atoms with E-state index >= 15 is 0 Å². The van der Waals surface area contributed by atoms with Crippen LogP contribution in [0.25, 0.3) is 0 Å². The molecule has 1 aliphatic rings. The van der Waals surface area contributed by atoms with Gasteiger partial charge in [0.25, 0.3) is 0 Å². The molecule has 0 aliphatic heterocycles. The van der Waals surface area contributed by atoms with Gasteiger partial charge in [0.2, 0.25) is 0 Å². The van der Waals surface area contributed by atoms with Gasteiger partial charge in [-0.15, -0.1) is 0 Å². The highest BCUT2D eigenvalue weighted by molar-refractivity contribution is 5.22. The van der Waals surface area contributed by atoms with Crippen LogP contribution in [0.3, 0.4) is 0 Å². The number of hydrogen-bond acceptors (Lipinski definition) is 1. The summed E-state index contributed by atoms with van der Waals surface area (Å²) in [6, 6.07) is 4.45. The van der Waals surface area contributed by atoms with Crippen LogP contribution >= 0.6 is 0 Å². The summed E-state index contributed by atoms with van der Waals surface area (Å²) in [7, 11) is 0. The Morgan fingerprint density at radius 3 is 2.71 bits per heavy atom. The van der Waals surface area contributed by atoms with Crippen molar-refractivity contribution in [3.05, 3.63) is 35.4 Å². The number of benzene rings is 1. The van der Waals surface area contributed by atoms with Crippen LogP contribution in [-0.4, -0.2) is 13.1 Å². The number of halogens is 2. The lowest BCUT2D eigenvalue weighted by Gasteiger charge is -2.16. The lowest BCUT2D eigenvalue weighted by atomic mass is 9.96. The highest BCUT2D eigenvalue weighted by Crippen LogP contribution is 2.48. The second kappa shape index (κ2) is 5.13. The first kappa shape index (κ1) is 12.5. The molecule has 0 amide bonds. The van der Waals surface area contributed by atoms with Crippen molar-refractivity contribution >= 4 is 0 Å². The molecule has 3 heteroatoms. The predicted octanol–water partition coefficient (Wildman–Crippen LogP) is 3.29. The highest BCUT2D eigenvalue weighted by Gasteiger charge is 2.42. The number of nitrogens with one attached hydrogen (secondary N) is 1. The van der Waals surface area contributed by atoms with Crippen LogP contribution in [0.2, 0.25) is 0 Å². The number of hydrogen-bond donors (Lipinski definition) is 1. The van der Waals surface area contributed by atoms with E-state index in [1.54, 1.807) is 12.1 Å². The Morgan fingerprint density at radius 1 is 1.29 bits per heavy atom. The van der Waals surface area contributed by atoms with E-state index in [0.717, 1.165) is 32.4 Å². The maximum Gasteiger partial charge on any atom is 0.162 e. The van der Waals surface area contributed by atoms with Crippen molar-refractivity contribution < 1.29 is 8.78 Å². The fraction of sp³-hybridized carbons (Fsp3) is 0.571. The van der Waals surface area contributed by atoms with Gasteiger partial charge in [-0.05, 0) is 49.3 Å². The minimum atomic E-state index is -0.736. The zero-order chi connectivity index (χ0) is 12.3. The molecular formula is C14H19F2N. The maximum absolute atomic E-state index is 13.6. The highest BCUT2D eigenvalue weighted by atomic mass is 19.2. The average Bonchev–Trinajstić information content (AvgIpc) is 3.06. The summed E-state index contributed by atoms with van der Waals surface area (Å²) in [5.41, 5.74) is 0.685. The normalized spacial score (nSPS) is 17.1. The Morgan fingerprint density at radius 2 is 2.06 bits per heavy atom. The first-order valence-electron chi connectivity index (χ1n) is 6.30. The first-order valence-corrected chi connectivity index (χ1v) is 6.30. The van der Waals surface area contributed by atoms with Gasteiger partial charge >= 0.3 is 0 Å². The van der Waals surface area contributed by atoms with Gasteiger partial charge in [-0.25, -0.2) is 8.78 Å². The summed E-state index contributed by atoms with van der Waals surface area (Å²) in [5.74, 6) is -1.41. The number of rotatable bonds is 6. The van der Waals surface area contributed by atoms with Gasteiger partial charge in [0.1, 0.15) is 0 Å². The third-order valence-corrected chi connectivity index (χ3v) is 3.48. The zero-order valence-corrected chi connectivity index (χ0v) is 10.2. The molecule has 17 heavy (non-hydrogen) atoms. The molecule has 0 atom stereocenters. The van der Waals surface area contributed by atoms with E-state index in [0.29, 0.717) is 12.0 Å². The Hall–Kier alpha value is -0.960. The zero-order valence-electron chi connectivity index (χ0n) is 10.2. The molecule has 1 aromatic carbocycles. The Balaban J connectivity index is 1.98. The molecule has 0 saturated heterocycles. The summed E-state index contributed by atoms with van der Waals surface area (Å²) in [6.07, 6.45) is 3.97. The summed E-state index contributed by atoms with van der Waals surface area (Å²) in [5, 5.41) is 3.38. The molecule has 0 bridgehead atoms. The van der Waals surface area contributed by atoms with E-state index in [1.165, 1.54) is 6.07 Å². The van der Waals surface area contributed by atoms with Gasteiger partial charge in [0.05, 0.1) is 0 Å². The van der Waals surface area contributed by atoms with Crippen LogP contribution in [0.5, 0.6) is 0 Å². The minimum absolute atomic E-state index is 0.170. The van der Waals surface area contributed by atoms with Crippen molar-refractivity contribution in [1.82, 2.24) is 5.32 Å². The van der Waals surface area contributed by atoms with Gasteiger partial charge in [0, 0.05) is 6.54 Å². The molecule has 0 aromatic heterocycles. The van der Waals surface area contributed by atoms with Crippen molar-refractivity contribution in [2.24, 2.45) is 5.41 Å². The summed E-state index contributed by atoms with van der Waals surface area (Å²) in [4.78, 5) is 0. The second-order valence-corrected chi connectivity index (χ2v) is 5.07. The van der Waals surface area contributed by atoms with Crippen molar-refractivity contribution in [1.29, 1.82) is 0 Å². The molecule has 0 unspecified atom stereocenters. The smallest absolute Gasteiger partial charge is 0.162 e. The predicted molar refractivity (Wildman–Crippen MR) is 64.9 cm³/mol. The van der Waals surface area contributed by atoms with Crippen LogP contribution < -0.4 is 5.32 Å². The van der Waals surface area contributed by atoms with Crippen molar-refractivity contribution in [2.45, 2.75) is 32.6 Å². The quantitative estimate of drug-likeness (QED) is 0.751. The Bertz CT molecular complexity index is 386. The van der Waals surface area contributed by atoms with Crippen LogP contribution in [0.4, 0.5) is 8.78 Å². The van der Waals surface area contributed by atoms with Gasteiger partial charge in [-0.3, -0.25) is 0 Å². The van der Waals surface area contributed by atoms with E-state index in [9.17, 15) is 8.78 Å². The third kappa shape index (κ3) is 3.03. The second-order valence-electron chi connectivity index (χ2n) is 5.07. The van der Waals surface area contributed by atoms with Crippen LogP contribution in [0, 0.1) is 17.0 Å². The Kier molecular flexibility index (Phi) is 3.77. The molecule has 0 radical (unpaired) electrons. The monoisotopic (exact) mass is 239 g/mol. The average molecular weight is 239 g/mol. The molecule has 1 aliphatic carbocycles. The lowest BCUT2D eigenvalue weighted by molar-refractivity contribution is 0.435. The SMILES string of the molecule is CCCNCC1(Cc2cccc(F)c2F)CC1. The van der Waals surface area contributed by atoms with E-state index in [4.69, 9.17) is 0 Å². The fourth-order valence-corrected chi connectivity index (χ4v) is 2.21. The molecule has 0 heterocycles. The van der Waals surface area contributed by atoms with E-state index < -0.39 is 11.6 Å². The summed E-state index contributed by atoms with van der Waals surface area (Å²) in [6.45, 7) is 4.03. The van der Waals surface area contributed by atoms with E-state index in [-0.39, 0.29) is 5.41 Å². The molecule has 1 N–H and O–H groups in total. The molecule has 0 spiro atoms. The van der Waals surface area contributed by atoms with E-state index in [1.807, 2.05) is 0 Å². The van der Waals surface area contributed by atoms with Gasteiger partial charge < -0.3 is 5.32 Å². The van der Waals surface area contributed by atoms with Crippen molar-refractivity contribution in [3.63, 3.8) is 0 Å². The molecule has 1 saturated carbocycles. The van der Waals surface area contributed by atoms with Crippen molar-refractivity contribution in [2.75, 3.05) is 13.1 Å². The molecule has 1 fully saturated rings. The molecule has 94 valence electrons. The van der Waals surface area contributed by atoms with Gasteiger partial charge in [-0.1, -0.05) is 19.1 Å². The third-order valence-electron chi connectivity index (χ3n) is 3.48. The standard InChI is InChI=1S/C14H19F2N/c1-2-8-17-10-14(6-7-14)9-11-4-3-5-12(15)13(11)16/h3-5,17H,2,6-10H2,1H3. The Labute approximate surface area is 101 Å². The van der Waals surface area contributed by atoms with Crippen LogP contribution in [-0.2, 0) is 6.42 Å². The molecule has 1 aromatic rings. The van der Waals surface area contributed by atoms with Crippen LogP contribution in [0.15, 0.2) is 18.2 Å². The summed E-state index contributed by atoms with van der Waals surface area (Å²) < 4.78 is 26.6. The fourth-order valence-electron chi connectivity index (χ4n) is 2.21. The summed E-state index contributed by atoms with van der Waals surface area (Å²) >= 11 is 0. The van der Waals surface area contributed by atoms with Gasteiger partial charge in [-0.2, -0.15) is 0 Å². The van der Waals surface area contributed by atoms with E-state index in [2.05, 4.69) is 12.2 Å². The van der Waals surface area contributed by atoms with Crippen LogP contribution in [0.1, 0.15) is 31.7 Å². The largest absolute Gasteiger partial charge is 0.316 e. The minimum Gasteiger partial charge on any atom is -0.316 e. The van der Waals surface area contributed by atoms with Gasteiger partial charge in [0.15, 0.2) is 11.6 Å². The first-order chi connectivity index (χ1) is 8.17. The molecular weight excluding hydrogens is 220 g/mol. The lowest BCUT2D eigenvalue weighted by Crippen LogP contribution is -2.26. The maximum atomic E-state index is 13.6. The topological polar surface area (TPSA) is 12.0 Å². The van der Waals surface area contributed by atoms with Crippen molar-refractivity contribution in [3.8, 4) is 0 Å². The molecule has 2 rings (SSSR count).